The average Bonchev–Trinajstić information content (AvgIpc) is 1.77. The Bertz CT molecular complexity index is 341. The summed E-state index contributed by atoms with van der Waals surface area (Å²) in [5.41, 5.74) is 0. The fourth-order valence-electron chi connectivity index (χ4n) is 0.350. The Morgan fingerprint density at radius 3 is 1.56 bits per heavy atom. The van der Waals surface area contributed by atoms with E-state index in [4.69, 9.17) is 0 Å². The topological polar surface area (TPSA) is 66.4 Å². The third kappa shape index (κ3) is 4.99. The van der Waals surface area contributed by atoms with E-state index in [2.05, 4.69) is 39.5 Å². The number of alkyl halides is 7. The first-order valence-electron chi connectivity index (χ1n) is 2.69. The predicted molar refractivity (Wildman–Crippen MR) is 41.0 cm³/mol. The van der Waals surface area contributed by atoms with Crippen molar-refractivity contribution in [2.24, 2.45) is 0 Å². The molecule has 0 N–H and O–H groups in total. The summed E-state index contributed by atoms with van der Waals surface area (Å²) in [5, 5.41) is -6.05. The molecule has 0 aliphatic rings. The van der Waals surface area contributed by atoms with Gasteiger partial charge in [-0.15, -0.1) is 0 Å². The van der Waals surface area contributed by atoms with Crippen molar-refractivity contribution in [1.82, 2.24) is 0 Å². The largest absolute Gasteiger partial charge is 1.00 e. The van der Waals surface area contributed by atoms with E-state index in [1.54, 1.807) is 0 Å². The minimum atomic E-state index is -6.67. The molecule has 0 amide bonds. The molecule has 0 aromatic rings. The van der Waals surface area contributed by atoms with Gasteiger partial charge >= 0.3 is 44.9 Å². The standard InChI is InChI=1S/C3HCl3F4O4S.Na/c4-3(5,6)14-1(7,8)2(9,10)15(11,12)13;/h(H,11,12,13);/q;+1/p-1. The van der Waals surface area contributed by atoms with Crippen molar-refractivity contribution >= 4 is 44.9 Å². The molecule has 0 rings (SSSR count). The summed E-state index contributed by atoms with van der Waals surface area (Å²) in [6, 6.07) is 0. The van der Waals surface area contributed by atoms with Crippen LogP contribution in [-0.4, -0.2) is 28.3 Å². The smallest absolute Gasteiger partial charge is 0.743 e. The van der Waals surface area contributed by atoms with E-state index in [0.29, 0.717) is 0 Å². The third-order valence-electron chi connectivity index (χ3n) is 0.897. The van der Waals surface area contributed by atoms with Crippen molar-refractivity contribution in [1.29, 1.82) is 0 Å². The monoisotopic (exact) mass is 336 g/mol. The van der Waals surface area contributed by atoms with Gasteiger partial charge in [0.25, 0.3) is 0 Å². The van der Waals surface area contributed by atoms with Crippen LogP contribution in [0.3, 0.4) is 0 Å². The fourth-order valence-corrected chi connectivity index (χ4v) is 0.974. The summed E-state index contributed by atoms with van der Waals surface area (Å²) in [4.78, 5) is 0. The molecule has 0 saturated heterocycles. The van der Waals surface area contributed by atoms with Gasteiger partial charge in [0.05, 0.1) is 0 Å². The number of halogens is 7. The normalized spacial score (nSPS) is 14.5. The van der Waals surface area contributed by atoms with Gasteiger partial charge in [-0.1, -0.05) is 34.8 Å². The van der Waals surface area contributed by atoms with E-state index >= 15 is 0 Å². The SMILES string of the molecule is O=S(=O)([O-])C(F)(F)C(F)(F)OC(Cl)(Cl)Cl.[Na+]. The summed E-state index contributed by atoms with van der Waals surface area (Å²) in [6.07, 6.45) is -5.77. The molecule has 0 atom stereocenters. The molecule has 0 aromatic heterocycles. The van der Waals surface area contributed by atoms with E-state index in [0.717, 1.165) is 0 Å². The van der Waals surface area contributed by atoms with Gasteiger partial charge in [0.15, 0.2) is 10.1 Å². The molecule has 4 nitrogen and oxygen atoms in total. The molecule has 0 fully saturated rings. The minimum absolute atomic E-state index is 0. The molecule has 0 bridgehead atoms. The van der Waals surface area contributed by atoms with Crippen LogP contribution in [0.2, 0.25) is 0 Å². The van der Waals surface area contributed by atoms with Crippen LogP contribution in [0.4, 0.5) is 17.6 Å². The fraction of sp³-hybridized carbons (Fsp3) is 1.00. The Morgan fingerprint density at radius 2 is 1.38 bits per heavy atom. The molecule has 0 radical (unpaired) electrons. The second kappa shape index (κ2) is 5.62. The van der Waals surface area contributed by atoms with Crippen molar-refractivity contribution < 1.29 is 64.8 Å². The minimum Gasteiger partial charge on any atom is -0.743 e. The van der Waals surface area contributed by atoms with Gasteiger partial charge in [0.2, 0.25) is 0 Å². The van der Waals surface area contributed by atoms with Gasteiger partial charge in [-0.2, -0.15) is 17.6 Å². The Kier molecular flexibility index (Phi) is 6.95. The first kappa shape index (κ1) is 19.8. The first-order chi connectivity index (χ1) is 6.21. The van der Waals surface area contributed by atoms with Gasteiger partial charge in [-0.3, -0.25) is 4.74 Å². The average molecular weight is 337 g/mol. The van der Waals surface area contributed by atoms with Crippen LogP contribution < -0.4 is 29.6 Å². The first-order valence-corrected chi connectivity index (χ1v) is 5.23. The molecule has 0 saturated carbocycles. The van der Waals surface area contributed by atoms with E-state index in [1.807, 2.05) is 0 Å². The Labute approximate surface area is 124 Å². The van der Waals surface area contributed by atoms with Crippen molar-refractivity contribution in [3.05, 3.63) is 0 Å². The maximum absolute atomic E-state index is 12.4. The van der Waals surface area contributed by atoms with Gasteiger partial charge in [-0.05, 0) is 0 Å². The van der Waals surface area contributed by atoms with E-state index in [-0.39, 0.29) is 29.6 Å². The summed E-state index contributed by atoms with van der Waals surface area (Å²) in [5.74, 6) is 0. The number of hydrogen-bond donors (Lipinski definition) is 0. The van der Waals surface area contributed by atoms with Crippen LogP contribution in [0.25, 0.3) is 0 Å². The molecule has 0 aliphatic carbocycles. The summed E-state index contributed by atoms with van der Waals surface area (Å²) in [6.45, 7) is 0. The molecule has 0 spiro atoms. The number of rotatable bonds is 3. The number of hydrogen-bond acceptors (Lipinski definition) is 4. The van der Waals surface area contributed by atoms with Gasteiger partial charge in [0, 0.05) is 0 Å². The summed E-state index contributed by atoms with van der Waals surface area (Å²) < 4.78 is 78.3. The Morgan fingerprint density at radius 1 is 1.06 bits per heavy atom. The molecule has 0 heterocycles. The van der Waals surface area contributed by atoms with Crippen LogP contribution in [0.15, 0.2) is 0 Å². The summed E-state index contributed by atoms with van der Waals surface area (Å²) >= 11 is 13.7. The van der Waals surface area contributed by atoms with Crippen LogP contribution in [0.5, 0.6) is 0 Å². The quantitative estimate of drug-likeness (QED) is 0.289. The van der Waals surface area contributed by atoms with Crippen LogP contribution in [-0.2, 0) is 14.9 Å². The maximum Gasteiger partial charge on any atom is 1.00 e. The summed E-state index contributed by atoms with van der Waals surface area (Å²) in [7, 11) is -6.67. The van der Waals surface area contributed by atoms with Crippen LogP contribution in [0.1, 0.15) is 0 Å². The second-order valence-corrected chi connectivity index (χ2v) is 5.63. The van der Waals surface area contributed by atoms with Crippen molar-refractivity contribution in [2.45, 2.75) is 15.3 Å². The zero-order valence-electron chi connectivity index (χ0n) is 7.19. The van der Waals surface area contributed by atoms with Gasteiger partial charge in [0.1, 0.15) is 0 Å². The molecule has 16 heavy (non-hydrogen) atoms. The zero-order valence-corrected chi connectivity index (χ0v) is 12.3. The molecule has 0 aromatic carbocycles. The van der Waals surface area contributed by atoms with E-state index in [9.17, 15) is 30.5 Å². The number of ether oxygens (including phenoxy) is 1. The van der Waals surface area contributed by atoms with Crippen molar-refractivity contribution in [2.75, 3.05) is 0 Å². The molecule has 0 aliphatic heterocycles. The molecule has 0 unspecified atom stereocenters. The van der Waals surface area contributed by atoms with Crippen molar-refractivity contribution in [3.8, 4) is 0 Å². The van der Waals surface area contributed by atoms with E-state index in [1.165, 1.54) is 0 Å². The van der Waals surface area contributed by atoms with Crippen LogP contribution >= 0.6 is 34.8 Å². The van der Waals surface area contributed by atoms with Gasteiger partial charge in [-0.25, -0.2) is 8.42 Å². The van der Waals surface area contributed by atoms with Gasteiger partial charge < -0.3 is 4.55 Å². The molecular weight excluding hydrogens is 337 g/mol. The maximum atomic E-state index is 12.4. The second-order valence-electron chi connectivity index (χ2n) is 2.04. The Balaban J connectivity index is 0. The van der Waals surface area contributed by atoms with Crippen LogP contribution in [0, 0.1) is 0 Å². The molecule has 92 valence electrons. The molecular formula is C3Cl3F4NaO4S. The molecule has 13 heteroatoms. The zero-order chi connectivity index (χ0) is 12.7. The predicted octanol–water partition coefficient (Wildman–Crippen LogP) is -0.934. The van der Waals surface area contributed by atoms with Crippen molar-refractivity contribution in [3.63, 3.8) is 0 Å². The Hall–Kier alpha value is 1.46. The van der Waals surface area contributed by atoms with E-state index < -0.39 is 25.5 Å². The third-order valence-corrected chi connectivity index (χ3v) is 1.99.